The second-order valence-electron chi connectivity index (χ2n) is 3.50. The molecule has 1 rings (SSSR count). The molecule has 0 saturated carbocycles. The number of esters is 2. The van der Waals surface area contributed by atoms with Crippen LogP contribution in [0, 0.1) is 0 Å². The van der Waals surface area contributed by atoms with E-state index in [4.69, 9.17) is 9.47 Å². The summed E-state index contributed by atoms with van der Waals surface area (Å²) in [6.45, 7) is 3.82. The maximum absolute atomic E-state index is 11.6. The predicted octanol–water partition coefficient (Wildman–Crippen LogP) is 0.0680. The molecular weight excluding hydrogens is 240 g/mol. The van der Waals surface area contributed by atoms with Gasteiger partial charge in [0.05, 0.1) is 31.2 Å². The Kier molecular flexibility index (Phi) is 5.16. The fraction of sp³-hybridized carbons (Fsp3) is 0.545. The molecule has 100 valence electrons. The molecule has 0 saturated heterocycles. The summed E-state index contributed by atoms with van der Waals surface area (Å²) >= 11 is 0. The smallest absolute Gasteiger partial charge is 0.337 e. The minimum absolute atomic E-state index is 0.105. The van der Waals surface area contributed by atoms with Gasteiger partial charge in [0.25, 0.3) is 0 Å². The Morgan fingerprint density at radius 1 is 1.28 bits per heavy atom. The largest absolute Gasteiger partial charge is 0.466 e. The van der Waals surface area contributed by atoms with Gasteiger partial charge in [-0.05, 0) is 13.8 Å². The number of hydrogen-bond donors (Lipinski definition) is 2. The minimum Gasteiger partial charge on any atom is -0.466 e. The monoisotopic (exact) mass is 256 g/mol. The van der Waals surface area contributed by atoms with E-state index in [-0.39, 0.29) is 25.2 Å². The van der Waals surface area contributed by atoms with E-state index in [0.717, 1.165) is 0 Å². The quantitative estimate of drug-likeness (QED) is 0.679. The molecule has 7 nitrogen and oxygen atoms in total. The van der Waals surface area contributed by atoms with Crippen LogP contribution in [-0.4, -0.2) is 37.2 Å². The molecule has 0 aromatic rings. The Bertz CT molecular complexity index is 378. The summed E-state index contributed by atoms with van der Waals surface area (Å²) in [7, 11) is 0. The van der Waals surface area contributed by atoms with Crippen LogP contribution in [0.2, 0.25) is 0 Å². The van der Waals surface area contributed by atoms with Crippen molar-refractivity contribution in [2.75, 3.05) is 13.2 Å². The highest BCUT2D eigenvalue weighted by Crippen LogP contribution is 2.12. The Morgan fingerprint density at radius 2 is 1.94 bits per heavy atom. The summed E-state index contributed by atoms with van der Waals surface area (Å²) in [5, 5.41) is 4.82. The van der Waals surface area contributed by atoms with Crippen LogP contribution in [0.25, 0.3) is 0 Å². The maximum Gasteiger partial charge on any atom is 0.337 e. The highest BCUT2D eigenvalue weighted by atomic mass is 16.5. The van der Waals surface area contributed by atoms with Crippen LogP contribution in [-0.2, 0) is 19.1 Å². The highest BCUT2D eigenvalue weighted by molar-refractivity contribution is 5.94. The van der Waals surface area contributed by atoms with Crippen LogP contribution >= 0.6 is 0 Å². The Hall–Kier alpha value is -2.05. The van der Waals surface area contributed by atoms with Gasteiger partial charge in [-0.2, -0.15) is 0 Å². The number of ether oxygens (including phenoxy) is 2. The van der Waals surface area contributed by atoms with Crippen molar-refractivity contribution in [2.45, 2.75) is 26.3 Å². The average Bonchev–Trinajstić information content (AvgIpc) is 2.29. The molecule has 18 heavy (non-hydrogen) atoms. The fourth-order valence-electron chi connectivity index (χ4n) is 1.48. The van der Waals surface area contributed by atoms with E-state index in [1.807, 2.05) is 0 Å². The topological polar surface area (TPSA) is 93.7 Å². The number of rotatable bonds is 5. The lowest BCUT2D eigenvalue weighted by atomic mass is 10.0. The summed E-state index contributed by atoms with van der Waals surface area (Å²) in [6.07, 6.45) is 1.15. The third-order valence-electron chi connectivity index (χ3n) is 2.23. The Morgan fingerprint density at radius 3 is 2.56 bits per heavy atom. The van der Waals surface area contributed by atoms with Crippen LogP contribution in [0.3, 0.4) is 0 Å². The third kappa shape index (κ3) is 3.76. The second kappa shape index (κ2) is 6.63. The lowest BCUT2D eigenvalue weighted by Gasteiger charge is -2.23. The molecule has 0 aliphatic carbocycles. The number of amides is 2. The van der Waals surface area contributed by atoms with Crippen molar-refractivity contribution < 1.29 is 23.9 Å². The summed E-state index contributed by atoms with van der Waals surface area (Å²) in [6, 6.07) is -1.20. The standard InChI is InChI=1S/C11H16N2O5/c1-3-17-9(14)5-8-7(10(15)18-4-2)6-12-11(16)13-8/h6,8H,3-5H2,1-2H3,(H2,12,13,16). The van der Waals surface area contributed by atoms with E-state index in [2.05, 4.69) is 10.6 Å². The van der Waals surface area contributed by atoms with Crippen LogP contribution in [0.4, 0.5) is 4.79 Å². The van der Waals surface area contributed by atoms with Crippen molar-refractivity contribution >= 4 is 18.0 Å². The molecule has 1 atom stereocenters. The van der Waals surface area contributed by atoms with Gasteiger partial charge in [-0.15, -0.1) is 0 Å². The van der Waals surface area contributed by atoms with Gasteiger partial charge in [0, 0.05) is 6.20 Å². The molecule has 7 heteroatoms. The first-order valence-electron chi connectivity index (χ1n) is 5.68. The van der Waals surface area contributed by atoms with Crippen molar-refractivity contribution in [3.63, 3.8) is 0 Å². The zero-order valence-electron chi connectivity index (χ0n) is 10.3. The van der Waals surface area contributed by atoms with Crippen molar-refractivity contribution in [2.24, 2.45) is 0 Å². The van der Waals surface area contributed by atoms with E-state index in [0.29, 0.717) is 0 Å². The molecular formula is C11H16N2O5. The lowest BCUT2D eigenvalue weighted by Crippen LogP contribution is -2.48. The normalized spacial score (nSPS) is 18.2. The summed E-state index contributed by atoms with van der Waals surface area (Å²) in [4.78, 5) is 34.2. The molecule has 2 N–H and O–H groups in total. The number of carbonyl (C=O) groups is 3. The summed E-state index contributed by atoms with van der Waals surface area (Å²) < 4.78 is 9.62. The summed E-state index contributed by atoms with van der Waals surface area (Å²) in [5.74, 6) is -1.06. The van der Waals surface area contributed by atoms with Gasteiger partial charge in [-0.1, -0.05) is 0 Å². The van der Waals surface area contributed by atoms with Gasteiger partial charge in [0.2, 0.25) is 0 Å². The number of nitrogens with one attached hydrogen (secondary N) is 2. The highest BCUT2D eigenvalue weighted by Gasteiger charge is 2.29. The van der Waals surface area contributed by atoms with Crippen molar-refractivity contribution in [1.82, 2.24) is 10.6 Å². The van der Waals surface area contributed by atoms with E-state index >= 15 is 0 Å². The van der Waals surface area contributed by atoms with Crippen molar-refractivity contribution in [1.29, 1.82) is 0 Å². The van der Waals surface area contributed by atoms with E-state index in [1.165, 1.54) is 6.20 Å². The maximum atomic E-state index is 11.6. The van der Waals surface area contributed by atoms with Gasteiger partial charge in [0.1, 0.15) is 0 Å². The Balaban J connectivity index is 2.74. The minimum atomic E-state index is -0.725. The summed E-state index contributed by atoms with van der Waals surface area (Å²) in [5.41, 5.74) is 0.199. The molecule has 0 radical (unpaired) electrons. The number of urea groups is 1. The van der Waals surface area contributed by atoms with Crippen molar-refractivity contribution in [3.05, 3.63) is 11.8 Å². The first-order valence-corrected chi connectivity index (χ1v) is 5.68. The van der Waals surface area contributed by atoms with Crippen LogP contribution in [0.1, 0.15) is 20.3 Å². The average molecular weight is 256 g/mol. The zero-order chi connectivity index (χ0) is 13.5. The molecule has 0 bridgehead atoms. The fourth-order valence-corrected chi connectivity index (χ4v) is 1.48. The van der Waals surface area contributed by atoms with Crippen LogP contribution < -0.4 is 10.6 Å². The molecule has 1 aliphatic heterocycles. The lowest BCUT2D eigenvalue weighted by molar-refractivity contribution is -0.143. The van der Waals surface area contributed by atoms with Crippen molar-refractivity contribution in [3.8, 4) is 0 Å². The van der Waals surface area contributed by atoms with Crippen LogP contribution in [0.15, 0.2) is 11.8 Å². The second-order valence-corrected chi connectivity index (χ2v) is 3.50. The van der Waals surface area contributed by atoms with Gasteiger partial charge in [0.15, 0.2) is 0 Å². The zero-order valence-corrected chi connectivity index (χ0v) is 10.3. The van der Waals surface area contributed by atoms with Gasteiger partial charge >= 0.3 is 18.0 Å². The first kappa shape index (κ1) is 14.0. The first-order chi connectivity index (χ1) is 8.58. The predicted molar refractivity (Wildman–Crippen MR) is 61.4 cm³/mol. The van der Waals surface area contributed by atoms with E-state index in [1.54, 1.807) is 13.8 Å². The molecule has 1 unspecified atom stereocenters. The van der Waals surface area contributed by atoms with Gasteiger partial charge in [-0.3, -0.25) is 4.79 Å². The number of hydrogen-bond acceptors (Lipinski definition) is 5. The van der Waals surface area contributed by atoms with Gasteiger partial charge in [-0.25, -0.2) is 9.59 Å². The van der Waals surface area contributed by atoms with Crippen LogP contribution in [0.5, 0.6) is 0 Å². The molecule has 2 amide bonds. The molecule has 1 heterocycles. The Labute approximate surface area is 105 Å². The molecule has 0 fully saturated rings. The molecule has 0 aromatic heterocycles. The van der Waals surface area contributed by atoms with E-state index < -0.39 is 24.0 Å². The van der Waals surface area contributed by atoms with Gasteiger partial charge < -0.3 is 20.1 Å². The van der Waals surface area contributed by atoms with E-state index in [9.17, 15) is 14.4 Å². The molecule has 0 aromatic carbocycles. The number of carbonyl (C=O) groups excluding carboxylic acids is 3. The SMILES string of the molecule is CCOC(=O)CC1NC(=O)NC=C1C(=O)OCC. The third-order valence-corrected chi connectivity index (χ3v) is 2.23. The molecule has 0 spiro atoms. The molecule has 1 aliphatic rings.